The van der Waals surface area contributed by atoms with Crippen LogP contribution in [0.25, 0.3) is 0 Å². The number of carbonyl (C=O) groups is 2. The summed E-state index contributed by atoms with van der Waals surface area (Å²) in [6.07, 6.45) is 0. The first-order chi connectivity index (χ1) is 12.9. The van der Waals surface area contributed by atoms with E-state index < -0.39 is 11.2 Å². The van der Waals surface area contributed by atoms with E-state index in [0.29, 0.717) is 37.3 Å². The molecule has 0 aromatic rings. The predicted octanol–water partition coefficient (Wildman–Crippen LogP) is 1.86. The number of rotatable bonds is 2. The minimum Gasteiger partial charge on any atom is -0.467 e. The molecular weight excluding hydrogens is 360 g/mol. The van der Waals surface area contributed by atoms with Crippen LogP contribution in [0.3, 0.4) is 0 Å². The van der Waals surface area contributed by atoms with Crippen LogP contribution in [0, 0.1) is 10.8 Å². The smallest absolute Gasteiger partial charge is 0.259 e. The van der Waals surface area contributed by atoms with Crippen LogP contribution in [0.1, 0.15) is 41.5 Å². The van der Waals surface area contributed by atoms with Gasteiger partial charge in [0.05, 0.1) is 0 Å². The third kappa shape index (κ3) is 3.10. The number of nitrogens with zero attached hydrogens (tertiary/aromatic N) is 2. The van der Waals surface area contributed by atoms with E-state index in [1.54, 1.807) is 9.80 Å². The molecule has 0 atom stereocenters. The van der Waals surface area contributed by atoms with Gasteiger partial charge in [-0.3, -0.25) is 20.4 Å². The van der Waals surface area contributed by atoms with Gasteiger partial charge < -0.3 is 19.3 Å². The largest absolute Gasteiger partial charge is 0.467 e. The van der Waals surface area contributed by atoms with Crippen molar-refractivity contribution in [3.63, 3.8) is 0 Å². The Kier molecular flexibility index (Phi) is 4.64. The summed E-state index contributed by atoms with van der Waals surface area (Å²) in [5, 5.41) is 16.0. The second kappa shape index (κ2) is 6.46. The van der Waals surface area contributed by atoms with Crippen molar-refractivity contribution in [3.8, 4) is 0 Å². The van der Waals surface area contributed by atoms with Gasteiger partial charge in [-0.1, -0.05) is 0 Å². The highest BCUT2D eigenvalue weighted by Gasteiger charge is 2.42. The SMILES string of the molecule is CC1=C(C(=O)N2CCN(C(=O)C3=C(C)C(C)(C)OC3=N)CC2)C(=N)OC1(C)C. The van der Waals surface area contributed by atoms with E-state index in [1.165, 1.54) is 0 Å². The zero-order chi connectivity index (χ0) is 21.0. The van der Waals surface area contributed by atoms with E-state index in [4.69, 9.17) is 20.3 Å². The normalized spacial score (nSPS) is 23.9. The Labute approximate surface area is 165 Å². The molecule has 2 N–H and O–H groups in total. The summed E-state index contributed by atoms with van der Waals surface area (Å²) in [7, 11) is 0. The fourth-order valence-electron chi connectivity index (χ4n) is 3.65. The molecule has 0 bridgehead atoms. The fourth-order valence-corrected chi connectivity index (χ4v) is 3.65. The van der Waals surface area contributed by atoms with E-state index in [0.717, 1.165) is 11.1 Å². The molecule has 0 aromatic heterocycles. The average molecular weight is 388 g/mol. The first kappa shape index (κ1) is 20.1. The lowest BCUT2D eigenvalue weighted by Gasteiger charge is -2.35. The number of hydrogen-bond acceptors (Lipinski definition) is 6. The molecule has 8 nitrogen and oxygen atoms in total. The lowest BCUT2D eigenvalue weighted by Crippen LogP contribution is -2.52. The first-order valence-corrected chi connectivity index (χ1v) is 9.44. The lowest BCUT2D eigenvalue weighted by atomic mass is 9.96. The minimum absolute atomic E-state index is 0.0921. The van der Waals surface area contributed by atoms with E-state index in [1.807, 2.05) is 41.5 Å². The standard InChI is InChI=1S/C20H28N4O4/c1-11-13(15(21)27-19(11,3)4)17(25)23-7-9-24(10-8-23)18(26)14-12(2)20(5,6)28-16(14)22/h21-22H,7-10H2,1-6H3. The lowest BCUT2D eigenvalue weighted by molar-refractivity contribution is -0.134. The molecule has 2 amide bonds. The Morgan fingerprint density at radius 3 is 1.25 bits per heavy atom. The van der Waals surface area contributed by atoms with Crippen molar-refractivity contribution in [1.82, 2.24) is 9.80 Å². The van der Waals surface area contributed by atoms with Gasteiger partial charge >= 0.3 is 0 Å². The van der Waals surface area contributed by atoms with Crippen molar-refractivity contribution in [3.05, 3.63) is 22.3 Å². The van der Waals surface area contributed by atoms with Gasteiger partial charge in [0, 0.05) is 26.2 Å². The molecule has 3 rings (SSSR count). The Morgan fingerprint density at radius 2 is 1.04 bits per heavy atom. The fraction of sp³-hybridized carbons (Fsp3) is 0.600. The van der Waals surface area contributed by atoms with Gasteiger partial charge in [-0.05, 0) is 52.7 Å². The van der Waals surface area contributed by atoms with Crippen LogP contribution < -0.4 is 0 Å². The van der Waals surface area contributed by atoms with Gasteiger partial charge in [0.25, 0.3) is 11.8 Å². The van der Waals surface area contributed by atoms with Gasteiger partial charge in [0.1, 0.15) is 22.3 Å². The molecule has 0 aliphatic carbocycles. The van der Waals surface area contributed by atoms with E-state index in [-0.39, 0.29) is 23.6 Å². The molecule has 8 heteroatoms. The van der Waals surface area contributed by atoms with E-state index in [9.17, 15) is 9.59 Å². The summed E-state index contributed by atoms with van der Waals surface area (Å²) in [6.45, 7) is 12.5. The van der Waals surface area contributed by atoms with Gasteiger partial charge in [-0.2, -0.15) is 0 Å². The highest BCUT2D eigenvalue weighted by Crippen LogP contribution is 2.34. The first-order valence-electron chi connectivity index (χ1n) is 9.44. The van der Waals surface area contributed by atoms with Crippen molar-refractivity contribution < 1.29 is 19.1 Å². The summed E-state index contributed by atoms with van der Waals surface area (Å²) in [5.41, 5.74) is 0.826. The quantitative estimate of drug-likeness (QED) is 0.753. The van der Waals surface area contributed by atoms with Crippen molar-refractivity contribution in [2.24, 2.45) is 0 Å². The van der Waals surface area contributed by atoms with Crippen LogP contribution in [-0.4, -0.2) is 70.8 Å². The van der Waals surface area contributed by atoms with Crippen LogP contribution in [-0.2, 0) is 19.1 Å². The van der Waals surface area contributed by atoms with Crippen LogP contribution in [0.4, 0.5) is 0 Å². The average Bonchev–Trinajstić information content (AvgIpc) is 2.93. The van der Waals surface area contributed by atoms with Gasteiger partial charge in [0.15, 0.2) is 0 Å². The molecule has 152 valence electrons. The third-order valence-corrected chi connectivity index (χ3v) is 6.01. The molecule has 1 fully saturated rings. The number of piperazine rings is 1. The van der Waals surface area contributed by atoms with Gasteiger partial charge in [-0.25, -0.2) is 0 Å². The van der Waals surface area contributed by atoms with Crippen LogP contribution in [0.2, 0.25) is 0 Å². The zero-order valence-corrected chi connectivity index (χ0v) is 17.4. The second-order valence-electron chi connectivity index (χ2n) is 8.47. The number of ether oxygens (including phenoxy) is 2. The highest BCUT2D eigenvalue weighted by molar-refractivity contribution is 6.20. The van der Waals surface area contributed by atoms with Crippen molar-refractivity contribution in [2.45, 2.75) is 52.7 Å². The molecule has 3 heterocycles. The van der Waals surface area contributed by atoms with E-state index in [2.05, 4.69) is 0 Å². The Bertz CT molecular complexity index is 772. The minimum atomic E-state index is -0.653. The number of carbonyl (C=O) groups excluding carboxylic acids is 2. The van der Waals surface area contributed by atoms with Crippen molar-refractivity contribution >= 4 is 23.6 Å². The molecule has 3 aliphatic rings. The summed E-state index contributed by atoms with van der Waals surface area (Å²) in [6, 6.07) is 0. The molecular formula is C20H28N4O4. The molecule has 0 aromatic carbocycles. The number of amides is 2. The Balaban J connectivity index is 1.70. The summed E-state index contributed by atoms with van der Waals surface area (Å²) >= 11 is 0. The van der Waals surface area contributed by atoms with Crippen LogP contribution >= 0.6 is 0 Å². The van der Waals surface area contributed by atoms with Crippen molar-refractivity contribution in [2.75, 3.05) is 26.2 Å². The summed E-state index contributed by atoms with van der Waals surface area (Å²) in [5.74, 6) is -0.640. The monoisotopic (exact) mass is 388 g/mol. The maximum atomic E-state index is 12.9. The molecule has 28 heavy (non-hydrogen) atoms. The summed E-state index contributed by atoms with van der Waals surface area (Å²) in [4.78, 5) is 29.1. The van der Waals surface area contributed by atoms with Crippen molar-refractivity contribution in [1.29, 1.82) is 10.8 Å². The zero-order valence-electron chi connectivity index (χ0n) is 17.4. The van der Waals surface area contributed by atoms with Crippen LogP contribution in [0.5, 0.6) is 0 Å². The Hall–Kier alpha value is -2.64. The molecule has 0 radical (unpaired) electrons. The third-order valence-electron chi connectivity index (χ3n) is 6.01. The van der Waals surface area contributed by atoms with Gasteiger partial charge in [-0.15, -0.1) is 0 Å². The summed E-state index contributed by atoms with van der Waals surface area (Å²) < 4.78 is 11.0. The number of hydrogen-bond donors (Lipinski definition) is 2. The molecule has 1 saturated heterocycles. The maximum Gasteiger partial charge on any atom is 0.259 e. The molecule has 0 unspecified atom stereocenters. The highest BCUT2D eigenvalue weighted by atomic mass is 16.5. The predicted molar refractivity (Wildman–Crippen MR) is 104 cm³/mol. The number of nitrogens with one attached hydrogen (secondary N) is 2. The Morgan fingerprint density at radius 1 is 0.750 bits per heavy atom. The van der Waals surface area contributed by atoms with E-state index >= 15 is 0 Å². The molecule has 0 spiro atoms. The van der Waals surface area contributed by atoms with Crippen LogP contribution in [0.15, 0.2) is 22.3 Å². The molecule has 0 saturated carbocycles. The van der Waals surface area contributed by atoms with Gasteiger partial charge in [0.2, 0.25) is 11.8 Å². The topological polar surface area (TPSA) is 107 Å². The second-order valence-corrected chi connectivity index (χ2v) is 8.47. The molecule has 3 aliphatic heterocycles. The maximum absolute atomic E-state index is 12.9.